The lowest BCUT2D eigenvalue weighted by molar-refractivity contribution is -0.110. The number of hydrogen-bond donors (Lipinski definition) is 2. The third-order valence-corrected chi connectivity index (χ3v) is 3.48. The van der Waals surface area contributed by atoms with Gasteiger partial charge in [-0.1, -0.05) is 26.0 Å². The minimum Gasteiger partial charge on any atom is -0.398 e. The van der Waals surface area contributed by atoms with Crippen molar-refractivity contribution in [1.29, 1.82) is 0 Å². The van der Waals surface area contributed by atoms with Gasteiger partial charge in [-0.2, -0.15) is 0 Å². The van der Waals surface area contributed by atoms with Gasteiger partial charge in [-0.05, 0) is 18.1 Å². The zero-order chi connectivity index (χ0) is 12.6. The van der Waals surface area contributed by atoms with Gasteiger partial charge in [-0.25, -0.2) is 0 Å². The highest BCUT2D eigenvalue weighted by atomic mass is 16.3. The van der Waals surface area contributed by atoms with Crippen LogP contribution < -0.4 is 5.73 Å². The van der Waals surface area contributed by atoms with Gasteiger partial charge in [0.1, 0.15) is 5.60 Å². The van der Waals surface area contributed by atoms with Crippen molar-refractivity contribution in [1.82, 2.24) is 4.90 Å². The quantitative estimate of drug-likeness (QED) is 0.753. The van der Waals surface area contributed by atoms with Crippen LogP contribution in [0.15, 0.2) is 24.3 Å². The number of carbonyl (C=O) groups excluding carboxylic acids is 1. The van der Waals surface area contributed by atoms with Crippen LogP contribution in [0, 0.1) is 5.92 Å². The molecule has 2 rings (SSSR count). The second kappa shape index (κ2) is 4.04. The van der Waals surface area contributed by atoms with Crippen molar-refractivity contribution < 1.29 is 9.90 Å². The predicted octanol–water partition coefficient (Wildman–Crippen LogP) is 1.11. The second-order valence-electron chi connectivity index (χ2n) is 5.01. The van der Waals surface area contributed by atoms with Crippen LogP contribution in [0.4, 0.5) is 5.69 Å². The third kappa shape index (κ3) is 2.00. The summed E-state index contributed by atoms with van der Waals surface area (Å²) in [4.78, 5) is 13.7. The molecule has 4 nitrogen and oxygen atoms in total. The number of nitrogens with two attached hydrogens (primary N) is 1. The number of β-amino-alcohol motifs (C(OH)–C–C–N with tert-alkyl or cyclic N) is 1. The molecule has 1 saturated heterocycles. The molecule has 92 valence electrons. The van der Waals surface area contributed by atoms with E-state index in [1.807, 2.05) is 13.8 Å². The fourth-order valence-corrected chi connectivity index (χ4v) is 1.99. The Morgan fingerprint density at radius 1 is 1.41 bits per heavy atom. The fraction of sp³-hybridized carbons (Fsp3) is 0.462. The molecule has 1 aromatic rings. The van der Waals surface area contributed by atoms with Crippen LogP contribution in [-0.4, -0.2) is 34.6 Å². The van der Waals surface area contributed by atoms with Crippen molar-refractivity contribution in [2.24, 2.45) is 5.92 Å². The minimum atomic E-state index is -0.737. The number of hydrogen-bond acceptors (Lipinski definition) is 3. The van der Waals surface area contributed by atoms with E-state index in [9.17, 15) is 9.90 Å². The Kier molecular flexibility index (Phi) is 2.83. The molecular formula is C13H18N2O2. The smallest absolute Gasteiger partial charge is 0.256 e. The molecule has 0 spiro atoms. The van der Waals surface area contributed by atoms with Gasteiger partial charge in [0, 0.05) is 5.69 Å². The number of amides is 1. The molecule has 1 heterocycles. The zero-order valence-electron chi connectivity index (χ0n) is 10.2. The molecule has 0 aliphatic carbocycles. The molecule has 0 atom stereocenters. The van der Waals surface area contributed by atoms with Crippen molar-refractivity contribution in [2.45, 2.75) is 19.4 Å². The molecule has 1 aliphatic heterocycles. The summed E-state index contributed by atoms with van der Waals surface area (Å²) in [6, 6.07) is 7.01. The molecule has 0 radical (unpaired) electrons. The van der Waals surface area contributed by atoms with E-state index in [1.54, 1.807) is 29.2 Å². The van der Waals surface area contributed by atoms with Gasteiger partial charge in [-0.3, -0.25) is 4.79 Å². The number of para-hydroxylation sites is 1. The number of benzene rings is 1. The van der Waals surface area contributed by atoms with Gasteiger partial charge in [0.2, 0.25) is 0 Å². The molecule has 1 aromatic carbocycles. The van der Waals surface area contributed by atoms with E-state index in [2.05, 4.69) is 0 Å². The lowest BCUT2D eigenvalue weighted by Crippen LogP contribution is -2.66. The number of anilines is 1. The summed E-state index contributed by atoms with van der Waals surface area (Å²) in [6.07, 6.45) is 0. The van der Waals surface area contributed by atoms with Crippen LogP contribution in [0.5, 0.6) is 0 Å². The highest BCUT2D eigenvalue weighted by Gasteiger charge is 2.46. The van der Waals surface area contributed by atoms with Crippen molar-refractivity contribution in [3.63, 3.8) is 0 Å². The van der Waals surface area contributed by atoms with E-state index in [1.165, 1.54) is 0 Å². The SMILES string of the molecule is CC(C)C1(O)CN(C(=O)c2ccccc2N)C1. The van der Waals surface area contributed by atoms with Gasteiger partial charge >= 0.3 is 0 Å². The highest BCUT2D eigenvalue weighted by Crippen LogP contribution is 2.30. The maximum atomic E-state index is 12.1. The monoisotopic (exact) mass is 234 g/mol. The van der Waals surface area contributed by atoms with Gasteiger partial charge in [0.25, 0.3) is 5.91 Å². The molecule has 1 aliphatic rings. The summed E-state index contributed by atoms with van der Waals surface area (Å²) in [6.45, 7) is 4.69. The standard InChI is InChI=1S/C13H18N2O2/c1-9(2)13(17)7-15(8-13)12(16)10-5-3-4-6-11(10)14/h3-6,9,17H,7-8,14H2,1-2H3. The first-order chi connectivity index (χ1) is 7.94. The Hall–Kier alpha value is -1.55. The molecule has 0 aromatic heterocycles. The van der Waals surface area contributed by atoms with E-state index in [0.29, 0.717) is 24.3 Å². The van der Waals surface area contributed by atoms with Gasteiger partial charge in [0.15, 0.2) is 0 Å². The Morgan fingerprint density at radius 2 is 2.00 bits per heavy atom. The van der Waals surface area contributed by atoms with Crippen LogP contribution in [0.25, 0.3) is 0 Å². The predicted molar refractivity (Wildman–Crippen MR) is 66.5 cm³/mol. The maximum Gasteiger partial charge on any atom is 0.256 e. The summed E-state index contributed by atoms with van der Waals surface area (Å²) in [5.74, 6) is 0.0492. The lowest BCUT2D eigenvalue weighted by atomic mass is 9.82. The summed E-state index contributed by atoms with van der Waals surface area (Å²) in [5.41, 5.74) is 6.01. The van der Waals surface area contributed by atoms with E-state index >= 15 is 0 Å². The summed E-state index contributed by atoms with van der Waals surface area (Å²) in [5, 5.41) is 10.1. The molecule has 1 amide bonds. The number of nitrogen functional groups attached to an aromatic ring is 1. The number of likely N-dealkylation sites (tertiary alicyclic amines) is 1. The first kappa shape index (κ1) is 11.9. The fourth-order valence-electron chi connectivity index (χ4n) is 1.99. The van der Waals surface area contributed by atoms with E-state index in [0.717, 1.165) is 0 Å². The van der Waals surface area contributed by atoms with Gasteiger partial charge in [-0.15, -0.1) is 0 Å². The molecule has 17 heavy (non-hydrogen) atoms. The normalized spacial score (nSPS) is 18.0. The largest absolute Gasteiger partial charge is 0.398 e. The van der Waals surface area contributed by atoms with Crippen LogP contribution in [-0.2, 0) is 0 Å². The molecule has 0 unspecified atom stereocenters. The van der Waals surface area contributed by atoms with Crippen LogP contribution in [0.2, 0.25) is 0 Å². The van der Waals surface area contributed by atoms with Crippen LogP contribution in [0.1, 0.15) is 24.2 Å². The third-order valence-electron chi connectivity index (χ3n) is 3.48. The second-order valence-corrected chi connectivity index (χ2v) is 5.01. The summed E-state index contributed by atoms with van der Waals surface area (Å²) >= 11 is 0. The molecule has 0 saturated carbocycles. The average Bonchev–Trinajstić information content (AvgIpc) is 2.24. The van der Waals surface area contributed by atoms with Crippen LogP contribution >= 0.6 is 0 Å². The molecule has 1 fully saturated rings. The van der Waals surface area contributed by atoms with Gasteiger partial charge in [0.05, 0.1) is 18.7 Å². The molecule has 4 heteroatoms. The average molecular weight is 234 g/mol. The topological polar surface area (TPSA) is 66.6 Å². The minimum absolute atomic E-state index is 0.103. The number of rotatable bonds is 2. The van der Waals surface area contributed by atoms with Crippen molar-refractivity contribution in [3.05, 3.63) is 29.8 Å². The Morgan fingerprint density at radius 3 is 2.53 bits per heavy atom. The van der Waals surface area contributed by atoms with E-state index in [4.69, 9.17) is 5.73 Å². The highest BCUT2D eigenvalue weighted by molar-refractivity contribution is 5.99. The molecular weight excluding hydrogens is 216 g/mol. The van der Waals surface area contributed by atoms with E-state index in [-0.39, 0.29) is 11.8 Å². The summed E-state index contributed by atoms with van der Waals surface area (Å²) < 4.78 is 0. The number of carbonyl (C=O) groups is 1. The Balaban J connectivity index is 2.08. The maximum absolute atomic E-state index is 12.1. The number of nitrogens with zero attached hydrogens (tertiary/aromatic N) is 1. The van der Waals surface area contributed by atoms with Crippen LogP contribution in [0.3, 0.4) is 0 Å². The Labute approximate surface area is 101 Å². The first-order valence-corrected chi connectivity index (χ1v) is 5.80. The molecule has 0 bridgehead atoms. The van der Waals surface area contributed by atoms with E-state index < -0.39 is 5.60 Å². The van der Waals surface area contributed by atoms with Crippen molar-refractivity contribution in [2.75, 3.05) is 18.8 Å². The number of aliphatic hydroxyl groups is 1. The first-order valence-electron chi connectivity index (χ1n) is 5.80. The summed E-state index contributed by atoms with van der Waals surface area (Å²) in [7, 11) is 0. The Bertz CT molecular complexity index is 437. The molecule has 3 N–H and O–H groups in total. The van der Waals surface area contributed by atoms with Gasteiger partial charge < -0.3 is 15.7 Å². The zero-order valence-corrected chi connectivity index (χ0v) is 10.2. The van der Waals surface area contributed by atoms with Crippen molar-refractivity contribution >= 4 is 11.6 Å². The lowest BCUT2D eigenvalue weighted by Gasteiger charge is -2.49. The van der Waals surface area contributed by atoms with Crippen molar-refractivity contribution in [3.8, 4) is 0 Å².